The molecule has 0 atom stereocenters. The fourth-order valence-corrected chi connectivity index (χ4v) is 5.84. The van der Waals surface area contributed by atoms with Gasteiger partial charge in [0.05, 0.1) is 10.6 Å². The summed E-state index contributed by atoms with van der Waals surface area (Å²) in [4.78, 5) is 5.02. The third-order valence-corrected chi connectivity index (χ3v) is 8.13. The zero-order valence-electron chi connectivity index (χ0n) is 17.2. The van der Waals surface area contributed by atoms with E-state index in [9.17, 15) is 8.42 Å². The van der Waals surface area contributed by atoms with E-state index in [0.717, 1.165) is 48.6 Å². The lowest BCUT2D eigenvalue weighted by molar-refractivity contribution is 0.424. The highest BCUT2D eigenvalue weighted by Crippen LogP contribution is 2.27. The summed E-state index contributed by atoms with van der Waals surface area (Å²) in [6.45, 7) is 4.04. The standard InChI is InChI=1S/C23H27N3O2S2/c1-18-6-8-19(9-7-18)16-24-23-25-22(17-29-23)20-10-12-21(13-11-20)30(27,28)26-14-4-2-3-5-15-26/h6-13,17H,2-5,14-16H2,1H3,(H,24,25). The van der Waals surface area contributed by atoms with Crippen molar-refractivity contribution in [2.75, 3.05) is 18.4 Å². The van der Waals surface area contributed by atoms with Gasteiger partial charge in [-0.2, -0.15) is 4.31 Å². The molecule has 2 aromatic carbocycles. The van der Waals surface area contributed by atoms with Gasteiger partial charge in [0.25, 0.3) is 0 Å². The summed E-state index contributed by atoms with van der Waals surface area (Å²) < 4.78 is 27.5. The van der Waals surface area contributed by atoms with Gasteiger partial charge in [-0.3, -0.25) is 0 Å². The molecule has 1 aromatic heterocycles. The summed E-state index contributed by atoms with van der Waals surface area (Å²) in [6, 6.07) is 15.5. The summed E-state index contributed by atoms with van der Waals surface area (Å²) in [5.74, 6) is 0. The average molecular weight is 442 g/mol. The Morgan fingerprint density at radius 3 is 2.30 bits per heavy atom. The molecule has 1 saturated heterocycles. The summed E-state index contributed by atoms with van der Waals surface area (Å²) in [5.41, 5.74) is 4.23. The van der Waals surface area contributed by atoms with Gasteiger partial charge in [0.1, 0.15) is 0 Å². The minimum absolute atomic E-state index is 0.362. The Morgan fingerprint density at radius 1 is 0.967 bits per heavy atom. The fraction of sp³-hybridized carbons (Fsp3) is 0.348. The number of nitrogens with one attached hydrogen (secondary N) is 1. The molecule has 1 N–H and O–H groups in total. The van der Waals surface area contributed by atoms with Crippen LogP contribution in [0.1, 0.15) is 36.8 Å². The number of aromatic nitrogens is 1. The molecule has 0 spiro atoms. The maximum Gasteiger partial charge on any atom is 0.243 e. The second-order valence-corrected chi connectivity index (χ2v) is 10.5. The lowest BCUT2D eigenvalue weighted by atomic mass is 10.1. The first-order chi connectivity index (χ1) is 14.5. The molecule has 3 aromatic rings. The molecular formula is C23H27N3O2S2. The van der Waals surface area contributed by atoms with Crippen LogP contribution in [0.5, 0.6) is 0 Å². The predicted octanol–water partition coefficient (Wildman–Crippen LogP) is 5.30. The molecule has 0 amide bonds. The minimum Gasteiger partial charge on any atom is -0.357 e. The molecule has 0 unspecified atom stereocenters. The van der Waals surface area contributed by atoms with Gasteiger partial charge in [-0.25, -0.2) is 13.4 Å². The number of thiazole rings is 1. The molecule has 30 heavy (non-hydrogen) atoms. The normalized spacial score (nSPS) is 15.6. The number of nitrogens with zero attached hydrogens (tertiary/aromatic N) is 2. The third kappa shape index (κ3) is 4.91. The van der Waals surface area contributed by atoms with Gasteiger partial charge >= 0.3 is 0 Å². The molecule has 1 fully saturated rings. The Labute approximate surface area is 182 Å². The van der Waals surface area contributed by atoms with E-state index in [0.29, 0.717) is 18.0 Å². The van der Waals surface area contributed by atoms with Gasteiger partial charge in [-0.15, -0.1) is 11.3 Å². The van der Waals surface area contributed by atoms with E-state index in [2.05, 4.69) is 41.5 Å². The van der Waals surface area contributed by atoms with Crippen molar-refractivity contribution in [1.29, 1.82) is 0 Å². The Kier molecular flexibility index (Phi) is 6.51. The summed E-state index contributed by atoms with van der Waals surface area (Å²) in [5, 5.41) is 6.21. The Balaban J connectivity index is 1.43. The smallest absolute Gasteiger partial charge is 0.243 e. The topological polar surface area (TPSA) is 62.3 Å². The van der Waals surface area contributed by atoms with Gasteiger partial charge in [0.2, 0.25) is 10.0 Å². The molecule has 0 saturated carbocycles. The number of aryl methyl sites for hydroxylation is 1. The van der Waals surface area contributed by atoms with Crippen LogP contribution in [0.3, 0.4) is 0 Å². The molecule has 1 aliphatic heterocycles. The summed E-state index contributed by atoms with van der Waals surface area (Å²) in [7, 11) is -3.42. The van der Waals surface area contributed by atoms with Gasteiger partial charge in [0, 0.05) is 30.6 Å². The molecule has 7 heteroatoms. The predicted molar refractivity (Wildman–Crippen MR) is 123 cm³/mol. The van der Waals surface area contributed by atoms with Gasteiger partial charge in [-0.1, -0.05) is 54.8 Å². The maximum absolute atomic E-state index is 12.9. The van der Waals surface area contributed by atoms with E-state index in [-0.39, 0.29) is 0 Å². The van der Waals surface area contributed by atoms with Crippen molar-refractivity contribution in [2.45, 2.75) is 44.0 Å². The molecule has 158 valence electrons. The lowest BCUT2D eigenvalue weighted by Crippen LogP contribution is -2.31. The zero-order chi connectivity index (χ0) is 21.0. The van der Waals surface area contributed by atoms with E-state index in [4.69, 9.17) is 0 Å². The quantitative estimate of drug-likeness (QED) is 0.564. The maximum atomic E-state index is 12.9. The summed E-state index contributed by atoms with van der Waals surface area (Å²) >= 11 is 1.55. The van der Waals surface area contributed by atoms with Gasteiger partial charge in [0.15, 0.2) is 5.13 Å². The number of benzene rings is 2. The minimum atomic E-state index is -3.42. The van der Waals surface area contributed by atoms with Crippen LogP contribution >= 0.6 is 11.3 Å². The van der Waals surface area contributed by atoms with Crippen LogP contribution in [0.15, 0.2) is 58.8 Å². The highest BCUT2D eigenvalue weighted by atomic mass is 32.2. The number of rotatable bonds is 6. The van der Waals surface area contributed by atoms with Crippen LogP contribution in [0.2, 0.25) is 0 Å². The second kappa shape index (κ2) is 9.29. The summed E-state index contributed by atoms with van der Waals surface area (Å²) in [6.07, 6.45) is 4.09. The van der Waals surface area contributed by atoms with E-state index in [1.165, 1.54) is 11.1 Å². The van der Waals surface area contributed by atoms with Gasteiger partial charge in [-0.05, 0) is 37.5 Å². The molecule has 4 rings (SSSR count). The first-order valence-electron chi connectivity index (χ1n) is 10.4. The van der Waals surface area contributed by atoms with Crippen molar-refractivity contribution in [1.82, 2.24) is 9.29 Å². The van der Waals surface area contributed by atoms with Crippen LogP contribution in [0, 0.1) is 6.92 Å². The van der Waals surface area contributed by atoms with E-state index in [1.807, 2.05) is 17.5 Å². The van der Waals surface area contributed by atoms with Crippen LogP contribution in [0.25, 0.3) is 11.3 Å². The molecule has 5 nitrogen and oxygen atoms in total. The van der Waals surface area contributed by atoms with Crippen molar-refractivity contribution in [2.24, 2.45) is 0 Å². The number of sulfonamides is 1. The monoisotopic (exact) mass is 441 g/mol. The van der Waals surface area contributed by atoms with Crippen molar-refractivity contribution in [3.05, 3.63) is 65.0 Å². The SMILES string of the molecule is Cc1ccc(CNc2nc(-c3ccc(S(=O)(=O)N4CCCCCC4)cc3)cs2)cc1. The van der Waals surface area contributed by atoms with Crippen LogP contribution in [-0.2, 0) is 16.6 Å². The van der Waals surface area contributed by atoms with E-state index < -0.39 is 10.0 Å². The van der Waals surface area contributed by atoms with Crippen molar-refractivity contribution in [3.63, 3.8) is 0 Å². The molecule has 1 aliphatic rings. The second-order valence-electron chi connectivity index (χ2n) is 7.72. The zero-order valence-corrected chi connectivity index (χ0v) is 18.8. The number of anilines is 1. The van der Waals surface area contributed by atoms with Crippen LogP contribution < -0.4 is 5.32 Å². The third-order valence-electron chi connectivity index (χ3n) is 5.42. The molecule has 0 radical (unpaired) electrons. The highest BCUT2D eigenvalue weighted by molar-refractivity contribution is 7.89. The largest absolute Gasteiger partial charge is 0.357 e. The van der Waals surface area contributed by atoms with E-state index in [1.54, 1.807) is 27.8 Å². The molecule has 0 aliphatic carbocycles. The Morgan fingerprint density at radius 2 is 1.63 bits per heavy atom. The van der Waals surface area contributed by atoms with Gasteiger partial charge < -0.3 is 5.32 Å². The van der Waals surface area contributed by atoms with Crippen molar-refractivity contribution in [3.8, 4) is 11.3 Å². The van der Waals surface area contributed by atoms with Crippen LogP contribution in [0.4, 0.5) is 5.13 Å². The Bertz CT molecular complexity index is 1070. The van der Waals surface area contributed by atoms with Crippen molar-refractivity contribution < 1.29 is 8.42 Å². The fourth-order valence-electron chi connectivity index (χ4n) is 3.60. The number of hydrogen-bond acceptors (Lipinski definition) is 5. The molecule has 0 bridgehead atoms. The Hall–Kier alpha value is -2.22. The van der Waals surface area contributed by atoms with Crippen LogP contribution in [-0.4, -0.2) is 30.8 Å². The highest BCUT2D eigenvalue weighted by Gasteiger charge is 2.25. The number of hydrogen-bond donors (Lipinski definition) is 1. The molecular weight excluding hydrogens is 414 g/mol. The van der Waals surface area contributed by atoms with E-state index >= 15 is 0 Å². The first-order valence-corrected chi connectivity index (χ1v) is 12.7. The lowest BCUT2D eigenvalue weighted by Gasteiger charge is -2.19. The van der Waals surface area contributed by atoms with Crippen molar-refractivity contribution >= 4 is 26.5 Å². The average Bonchev–Trinajstić information content (AvgIpc) is 3.05. The first kappa shape index (κ1) is 21.0. The molecule has 2 heterocycles.